The molecule has 0 unspecified atom stereocenters. The zero-order valence-electron chi connectivity index (χ0n) is 11.7. The molecule has 0 fully saturated rings. The quantitative estimate of drug-likeness (QED) is 0.638. The van der Waals surface area contributed by atoms with Crippen molar-refractivity contribution in [3.05, 3.63) is 55.2 Å². The predicted molar refractivity (Wildman–Crippen MR) is 77.2 cm³/mol. The third-order valence-electron chi connectivity index (χ3n) is 3.33. The summed E-state index contributed by atoms with van der Waals surface area (Å²) >= 11 is -0.288. The van der Waals surface area contributed by atoms with E-state index in [0.717, 1.165) is 25.2 Å². The molecule has 2 aromatic rings. The van der Waals surface area contributed by atoms with Gasteiger partial charge in [-0.25, -0.2) is 0 Å². The Bertz CT molecular complexity index is 752. The maximum absolute atomic E-state index is 11.5. The van der Waals surface area contributed by atoms with E-state index in [1.165, 1.54) is 19.0 Å². The van der Waals surface area contributed by atoms with Crippen molar-refractivity contribution in [2.45, 2.75) is 17.7 Å². The van der Waals surface area contributed by atoms with E-state index in [9.17, 15) is 8.42 Å². The van der Waals surface area contributed by atoms with E-state index in [4.69, 9.17) is 4.74 Å². The monoisotopic (exact) mass is 415 g/mol. The molecule has 5 heteroatoms. The molecule has 2 aromatic carbocycles. The van der Waals surface area contributed by atoms with Gasteiger partial charge in [-0.1, -0.05) is 0 Å². The third-order valence-corrected chi connectivity index (χ3v) is 7.09. The van der Waals surface area contributed by atoms with Gasteiger partial charge in [-0.15, -0.1) is 0 Å². The molecule has 112 valence electrons. The van der Waals surface area contributed by atoms with Crippen molar-refractivity contribution in [2.24, 2.45) is 0 Å². The summed E-state index contributed by atoms with van der Waals surface area (Å²) in [5, 5.41) is 0. The van der Waals surface area contributed by atoms with E-state index in [1.54, 1.807) is 12.1 Å². The van der Waals surface area contributed by atoms with Crippen LogP contribution >= 0.6 is 0 Å². The summed E-state index contributed by atoms with van der Waals surface area (Å²) in [4.78, 5) is 0.383. The zero-order chi connectivity index (χ0) is 14.9. The molecular formula is C16H16IO3S-. The first kappa shape index (κ1) is 14.8. The summed E-state index contributed by atoms with van der Waals surface area (Å²) < 4.78 is 31.1. The van der Waals surface area contributed by atoms with Crippen LogP contribution in [-0.2, 0) is 16.3 Å². The summed E-state index contributed by atoms with van der Waals surface area (Å²) in [6.45, 7) is 0.814. The van der Waals surface area contributed by atoms with Crippen LogP contribution in [0.25, 0.3) is 0 Å². The van der Waals surface area contributed by atoms with E-state index in [0.29, 0.717) is 4.90 Å². The van der Waals surface area contributed by atoms with Gasteiger partial charge in [0.15, 0.2) is 0 Å². The summed E-state index contributed by atoms with van der Waals surface area (Å²) in [6.07, 6.45) is 3.40. The minimum atomic E-state index is -3.11. The van der Waals surface area contributed by atoms with Crippen molar-refractivity contribution >= 4 is 9.84 Å². The summed E-state index contributed by atoms with van der Waals surface area (Å²) in [7, 11) is -3.11. The first-order valence-corrected chi connectivity index (χ1v) is 10.8. The molecule has 0 atom stereocenters. The van der Waals surface area contributed by atoms with E-state index in [1.807, 2.05) is 12.1 Å². The molecule has 0 bridgehead atoms. The fourth-order valence-electron chi connectivity index (χ4n) is 2.26. The number of ether oxygens (including phenoxy) is 1. The Labute approximate surface area is 135 Å². The van der Waals surface area contributed by atoms with Crippen LogP contribution in [0.15, 0.2) is 47.4 Å². The Hall–Kier alpha value is -1.08. The molecule has 0 aliphatic carbocycles. The molecule has 1 aliphatic rings. The van der Waals surface area contributed by atoms with Gasteiger partial charge in [0.25, 0.3) is 0 Å². The summed E-state index contributed by atoms with van der Waals surface area (Å²) in [6, 6.07) is 13.7. The molecule has 0 spiro atoms. The van der Waals surface area contributed by atoms with Crippen LogP contribution in [0.3, 0.4) is 0 Å². The van der Waals surface area contributed by atoms with Crippen molar-refractivity contribution in [3.8, 4) is 5.75 Å². The Balaban J connectivity index is 1.80. The second-order valence-corrected chi connectivity index (χ2v) is 10.1. The van der Waals surface area contributed by atoms with Gasteiger partial charge in [0.1, 0.15) is 0 Å². The Morgan fingerprint density at radius 1 is 1.05 bits per heavy atom. The molecule has 0 aromatic heterocycles. The van der Waals surface area contributed by atoms with Crippen molar-refractivity contribution in [2.75, 3.05) is 12.9 Å². The first-order valence-electron chi connectivity index (χ1n) is 6.73. The Kier molecular flexibility index (Phi) is 4.21. The van der Waals surface area contributed by atoms with Gasteiger partial charge in [0, 0.05) is 0 Å². The van der Waals surface area contributed by atoms with Crippen molar-refractivity contribution in [1.82, 2.24) is 0 Å². The molecule has 0 saturated carbocycles. The summed E-state index contributed by atoms with van der Waals surface area (Å²) in [5.74, 6) is 1.02. The van der Waals surface area contributed by atoms with Crippen molar-refractivity contribution < 1.29 is 34.4 Å². The zero-order valence-corrected chi connectivity index (χ0v) is 14.6. The maximum atomic E-state index is 11.5. The molecule has 3 nitrogen and oxygen atoms in total. The van der Waals surface area contributed by atoms with Gasteiger partial charge in [-0.3, -0.25) is 0 Å². The third kappa shape index (κ3) is 3.58. The number of sulfone groups is 1. The van der Waals surface area contributed by atoms with Crippen molar-refractivity contribution in [3.63, 3.8) is 0 Å². The number of halogens is 1. The Morgan fingerprint density at radius 2 is 1.76 bits per heavy atom. The van der Waals surface area contributed by atoms with Crippen LogP contribution in [0, 0.1) is 7.14 Å². The van der Waals surface area contributed by atoms with E-state index in [2.05, 4.69) is 18.2 Å². The molecule has 0 N–H and O–H groups in total. The minimum absolute atomic E-state index is 0.288. The van der Waals surface area contributed by atoms with Gasteiger partial charge in [0.2, 0.25) is 0 Å². The molecule has 3 rings (SSSR count). The van der Waals surface area contributed by atoms with Gasteiger partial charge < -0.3 is 0 Å². The molecular weight excluding hydrogens is 399 g/mol. The molecule has 0 amide bonds. The van der Waals surface area contributed by atoms with Crippen LogP contribution < -0.4 is 25.9 Å². The topological polar surface area (TPSA) is 43.4 Å². The average molecular weight is 415 g/mol. The number of hydrogen-bond donors (Lipinski definition) is 0. The second-order valence-electron chi connectivity index (χ2n) is 5.02. The first-order chi connectivity index (χ1) is 10.0. The molecule has 0 radical (unpaired) electrons. The number of hydrogen-bond acceptors (Lipinski definition) is 3. The number of benzene rings is 2. The molecule has 1 aliphatic heterocycles. The number of aryl methyl sites for hydroxylation is 1. The van der Waals surface area contributed by atoms with E-state index >= 15 is 0 Å². The van der Waals surface area contributed by atoms with Gasteiger partial charge in [-0.05, 0) is 0 Å². The number of fused-ring (bicyclic) bond motifs is 1. The Morgan fingerprint density at radius 3 is 2.48 bits per heavy atom. The number of rotatable bonds is 3. The fraction of sp³-hybridized carbons (Fsp3) is 0.250. The van der Waals surface area contributed by atoms with E-state index in [-0.39, 0.29) is 21.2 Å². The SMILES string of the molecule is CS(=O)(=O)c1ccc([I-]c2ccc3c(c2)CCCO3)cc1. The van der Waals surface area contributed by atoms with Crippen LogP contribution in [0.5, 0.6) is 5.75 Å². The molecule has 1 heterocycles. The fourth-order valence-corrected chi connectivity index (χ4v) is 5.22. The van der Waals surface area contributed by atoms with Crippen LogP contribution in [0.2, 0.25) is 0 Å². The molecule has 0 saturated heterocycles. The van der Waals surface area contributed by atoms with Crippen LogP contribution in [0.1, 0.15) is 12.0 Å². The standard InChI is InChI=1S/C16H16IO3S/c1-21(18,19)15-7-4-13(5-8-15)17-14-6-9-16-12(11-14)3-2-10-20-16/h4-9,11H,2-3,10H2,1H3/q-1. The van der Waals surface area contributed by atoms with Crippen LogP contribution in [0.4, 0.5) is 0 Å². The molecule has 21 heavy (non-hydrogen) atoms. The van der Waals surface area contributed by atoms with Gasteiger partial charge >= 0.3 is 136 Å². The van der Waals surface area contributed by atoms with E-state index < -0.39 is 9.84 Å². The summed E-state index contributed by atoms with van der Waals surface area (Å²) in [5.41, 5.74) is 1.30. The van der Waals surface area contributed by atoms with Crippen LogP contribution in [-0.4, -0.2) is 21.3 Å². The van der Waals surface area contributed by atoms with Gasteiger partial charge in [0.05, 0.1) is 0 Å². The average Bonchev–Trinajstić information content (AvgIpc) is 2.47. The van der Waals surface area contributed by atoms with Crippen molar-refractivity contribution in [1.29, 1.82) is 0 Å². The normalized spacial score (nSPS) is 14.5. The second kappa shape index (κ2) is 5.96. The van der Waals surface area contributed by atoms with Gasteiger partial charge in [-0.2, -0.15) is 0 Å². The predicted octanol–water partition coefficient (Wildman–Crippen LogP) is -0.456.